The molecule has 0 aliphatic heterocycles. The van der Waals surface area contributed by atoms with Crippen LogP contribution in [0.5, 0.6) is 0 Å². The molecule has 3 rings (SSSR count). The summed E-state index contributed by atoms with van der Waals surface area (Å²) in [4.78, 5) is 0. The summed E-state index contributed by atoms with van der Waals surface area (Å²) in [6.45, 7) is -0.323. The average Bonchev–Trinajstić information content (AvgIpc) is 2.89. The van der Waals surface area contributed by atoms with Crippen LogP contribution in [0.15, 0.2) is 54.6 Å². The van der Waals surface area contributed by atoms with Gasteiger partial charge in [0.2, 0.25) is 0 Å². The van der Waals surface area contributed by atoms with Gasteiger partial charge in [-0.2, -0.15) is 8.78 Å². The van der Waals surface area contributed by atoms with Crippen LogP contribution in [0.4, 0.5) is 8.78 Å². The van der Waals surface area contributed by atoms with Gasteiger partial charge in [-0.05, 0) is 24.0 Å². The summed E-state index contributed by atoms with van der Waals surface area (Å²) >= 11 is 0. The number of alkyl halides is 2. The SMILES string of the molecule is FC(F)(CNC1CCc2ccccc21)c1ccccc1. The summed E-state index contributed by atoms with van der Waals surface area (Å²) in [5, 5.41) is 3.03. The summed E-state index contributed by atoms with van der Waals surface area (Å²) in [6.07, 6.45) is 1.86. The van der Waals surface area contributed by atoms with Crippen molar-refractivity contribution in [3.8, 4) is 0 Å². The zero-order chi connectivity index (χ0) is 14.0. The number of rotatable bonds is 4. The molecule has 1 nitrogen and oxygen atoms in total. The Labute approximate surface area is 117 Å². The highest BCUT2D eigenvalue weighted by molar-refractivity contribution is 5.34. The Balaban J connectivity index is 1.69. The lowest BCUT2D eigenvalue weighted by Crippen LogP contribution is -2.32. The van der Waals surface area contributed by atoms with Crippen LogP contribution in [0.1, 0.15) is 29.2 Å². The molecule has 0 amide bonds. The Morgan fingerprint density at radius 3 is 2.50 bits per heavy atom. The molecule has 1 atom stereocenters. The number of hydrogen-bond donors (Lipinski definition) is 1. The molecule has 0 spiro atoms. The molecule has 0 bridgehead atoms. The van der Waals surface area contributed by atoms with Gasteiger partial charge in [-0.15, -0.1) is 0 Å². The molecule has 20 heavy (non-hydrogen) atoms. The fourth-order valence-corrected chi connectivity index (χ4v) is 2.80. The Kier molecular flexibility index (Phi) is 3.53. The lowest BCUT2D eigenvalue weighted by Gasteiger charge is -2.21. The normalized spacial score (nSPS) is 18.0. The number of hydrogen-bond acceptors (Lipinski definition) is 1. The first-order chi connectivity index (χ1) is 9.67. The van der Waals surface area contributed by atoms with E-state index in [2.05, 4.69) is 11.4 Å². The molecule has 2 aromatic carbocycles. The second-order valence-corrected chi connectivity index (χ2v) is 5.24. The van der Waals surface area contributed by atoms with Gasteiger partial charge in [0.1, 0.15) is 0 Å². The molecule has 1 aliphatic rings. The van der Waals surface area contributed by atoms with Gasteiger partial charge in [0, 0.05) is 11.6 Å². The molecule has 0 radical (unpaired) electrons. The van der Waals surface area contributed by atoms with Crippen molar-refractivity contribution in [1.82, 2.24) is 5.32 Å². The minimum absolute atomic E-state index is 0.0424. The summed E-state index contributed by atoms with van der Waals surface area (Å²) in [5.41, 5.74) is 2.50. The van der Waals surface area contributed by atoms with Crippen molar-refractivity contribution in [3.63, 3.8) is 0 Å². The van der Waals surface area contributed by atoms with E-state index in [1.165, 1.54) is 17.7 Å². The fraction of sp³-hybridized carbons (Fsp3) is 0.294. The van der Waals surface area contributed by atoms with Crippen LogP contribution in [0, 0.1) is 0 Å². The van der Waals surface area contributed by atoms with Crippen LogP contribution in [-0.4, -0.2) is 6.54 Å². The van der Waals surface area contributed by atoms with Gasteiger partial charge in [-0.1, -0.05) is 54.6 Å². The quantitative estimate of drug-likeness (QED) is 0.886. The van der Waals surface area contributed by atoms with Crippen LogP contribution >= 0.6 is 0 Å². The van der Waals surface area contributed by atoms with Crippen molar-refractivity contribution < 1.29 is 8.78 Å². The molecule has 2 aromatic rings. The second kappa shape index (κ2) is 5.33. The minimum atomic E-state index is -2.83. The first kappa shape index (κ1) is 13.3. The number of nitrogens with one attached hydrogen (secondary N) is 1. The molecule has 3 heteroatoms. The molecule has 104 valence electrons. The number of aryl methyl sites for hydroxylation is 1. The minimum Gasteiger partial charge on any atom is -0.304 e. The molecule has 0 fully saturated rings. The van der Waals surface area contributed by atoms with Crippen molar-refractivity contribution in [2.24, 2.45) is 0 Å². The predicted octanol–water partition coefficient (Wildman–Crippen LogP) is 4.06. The maximum atomic E-state index is 14.1. The van der Waals surface area contributed by atoms with Gasteiger partial charge in [-0.3, -0.25) is 0 Å². The van der Waals surface area contributed by atoms with Crippen molar-refractivity contribution in [2.45, 2.75) is 24.8 Å². The molecule has 0 saturated carbocycles. The Hall–Kier alpha value is -1.74. The van der Waals surface area contributed by atoms with Gasteiger partial charge in [-0.25, -0.2) is 0 Å². The van der Waals surface area contributed by atoms with Gasteiger partial charge >= 0.3 is 0 Å². The maximum absolute atomic E-state index is 14.1. The molecule has 0 aromatic heterocycles. The van der Waals surface area contributed by atoms with E-state index in [9.17, 15) is 8.78 Å². The lowest BCUT2D eigenvalue weighted by atomic mass is 10.1. The molecule has 1 aliphatic carbocycles. The third kappa shape index (κ3) is 2.59. The van der Waals surface area contributed by atoms with E-state index in [4.69, 9.17) is 0 Å². The first-order valence-corrected chi connectivity index (χ1v) is 6.91. The van der Waals surface area contributed by atoms with Crippen LogP contribution in [0.2, 0.25) is 0 Å². The third-order valence-electron chi connectivity index (χ3n) is 3.90. The second-order valence-electron chi connectivity index (χ2n) is 5.24. The Morgan fingerprint density at radius 2 is 1.70 bits per heavy atom. The van der Waals surface area contributed by atoms with Crippen LogP contribution in [0.3, 0.4) is 0 Å². The largest absolute Gasteiger partial charge is 0.304 e. The van der Waals surface area contributed by atoms with Gasteiger partial charge < -0.3 is 5.32 Å². The van der Waals surface area contributed by atoms with E-state index in [1.54, 1.807) is 18.2 Å². The van der Waals surface area contributed by atoms with E-state index < -0.39 is 5.92 Å². The van der Waals surface area contributed by atoms with Crippen molar-refractivity contribution >= 4 is 0 Å². The topological polar surface area (TPSA) is 12.0 Å². The number of halogens is 2. The Morgan fingerprint density at radius 1 is 1.00 bits per heavy atom. The standard InChI is InChI=1S/C17H17F2N/c18-17(19,14-7-2-1-3-8-14)12-20-16-11-10-13-6-4-5-9-15(13)16/h1-9,16,20H,10-12H2. The molecule has 0 saturated heterocycles. The third-order valence-corrected chi connectivity index (χ3v) is 3.90. The summed E-state index contributed by atoms with van der Waals surface area (Å²) in [5.74, 6) is -2.83. The molecular formula is C17H17F2N. The van der Waals surface area contributed by atoms with Gasteiger partial charge in [0.05, 0.1) is 6.54 Å². The summed E-state index contributed by atoms with van der Waals surface area (Å²) < 4.78 is 28.2. The molecule has 1 N–H and O–H groups in total. The van der Waals surface area contributed by atoms with Crippen molar-refractivity contribution in [1.29, 1.82) is 0 Å². The van der Waals surface area contributed by atoms with E-state index in [1.807, 2.05) is 18.2 Å². The highest BCUT2D eigenvalue weighted by Gasteiger charge is 2.33. The smallest absolute Gasteiger partial charge is 0.285 e. The zero-order valence-electron chi connectivity index (χ0n) is 11.2. The van der Waals surface area contributed by atoms with E-state index >= 15 is 0 Å². The number of fused-ring (bicyclic) bond motifs is 1. The maximum Gasteiger partial charge on any atom is 0.285 e. The zero-order valence-corrected chi connectivity index (χ0v) is 11.2. The van der Waals surface area contributed by atoms with E-state index in [-0.39, 0.29) is 18.2 Å². The van der Waals surface area contributed by atoms with E-state index in [0.717, 1.165) is 18.4 Å². The monoisotopic (exact) mass is 273 g/mol. The molecule has 0 heterocycles. The van der Waals surface area contributed by atoms with E-state index in [0.29, 0.717) is 0 Å². The van der Waals surface area contributed by atoms with Crippen LogP contribution in [-0.2, 0) is 12.3 Å². The first-order valence-electron chi connectivity index (χ1n) is 6.91. The van der Waals surface area contributed by atoms with Crippen LogP contribution in [0.25, 0.3) is 0 Å². The highest BCUT2D eigenvalue weighted by Crippen LogP contribution is 2.33. The molecule has 1 unspecified atom stereocenters. The average molecular weight is 273 g/mol. The van der Waals surface area contributed by atoms with Crippen LogP contribution < -0.4 is 5.32 Å². The lowest BCUT2D eigenvalue weighted by molar-refractivity contribution is -0.00576. The summed E-state index contributed by atoms with van der Waals surface area (Å²) in [7, 11) is 0. The van der Waals surface area contributed by atoms with Gasteiger partial charge in [0.15, 0.2) is 0 Å². The Bertz CT molecular complexity index is 581. The summed E-state index contributed by atoms with van der Waals surface area (Å²) in [6, 6.07) is 16.1. The van der Waals surface area contributed by atoms with Gasteiger partial charge in [0.25, 0.3) is 5.92 Å². The highest BCUT2D eigenvalue weighted by atomic mass is 19.3. The fourth-order valence-electron chi connectivity index (χ4n) is 2.80. The van der Waals surface area contributed by atoms with Crippen molar-refractivity contribution in [3.05, 3.63) is 71.3 Å². The van der Waals surface area contributed by atoms with Crippen molar-refractivity contribution in [2.75, 3.05) is 6.54 Å². The number of benzene rings is 2. The molecular weight excluding hydrogens is 256 g/mol. The predicted molar refractivity (Wildman–Crippen MR) is 75.8 cm³/mol.